The van der Waals surface area contributed by atoms with Crippen LogP contribution in [0.4, 0.5) is 5.69 Å². The van der Waals surface area contributed by atoms with E-state index in [0.29, 0.717) is 25.5 Å². The lowest BCUT2D eigenvalue weighted by Crippen LogP contribution is -2.43. The summed E-state index contributed by atoms with van der Waals surface area (Å²) in [4.78, 5) is 28.3. The second kappa shape index (κ2) is 13.5. The largest absolute Gasteiger partial charge is 0.496 e. The van der Waals surface area contributed by atoms with Gasteiger partial charge in [-0.15, -0.1) is 24.0 Å². The minimum Gasteiger partial charge on any atom is -0.496 e. The summed E-state index contributed by atoms with van der Waals surface area (Å²) in [6.45, 7) is 3.04. The highest BCUT2D eigenvalue weighted by Crippen LogP contribution is 2.19. The SMILES string of the molecule is COc1ccc(C)cc1CCNC(=NCc1ccc([N+](=O)[O-])cc1)NCC(=O)N(C)C.I. The third-order valence-corrected chi connectivity index (χ3v) is 4.60. The van der Waals surface area contributed by atoms with Crippen molar-refractivity contribution < 1.29 is 14.5 Å². The number of methoxy groups -OCH3 is 1. The van der Waals surface area contributed by atoms with Gasteiger partial charge < -0.3 is 20.3 Å². The third-order valence-electron chi connectivity index (χ3n) is 4.60. The summed E-state index contributed by atoms with van der Waals surface area (Å²) < 4.78 is 5.42. The molecular formula is C22H30IN5O4. The van der Waals surface area contributed by atoms with Gasteiger partial charge in [0.25, 0.3) is 5.69 Å². The number of halogens is 1. The molecule has 174 valence electrons. The van der Waals surface area contributed by atoms with E-state index < -0.39 is 4.92 Å². The highest BCUT2D eigenvalue weighted by molar-refractivity contribution is 14.0. The van der Waals surface area contributed by atoms with Crippen LogP contribution in [0.2, 0.25) is 0 Å². The van der Waals surface area contributed by atoms with Gasteiger partial charge in [-0.1, -0.05) is 29.8 Å². The lowest BCUT2D eigenvalue weighted by molar-refractivity contribution is -0.384. The summed E-state index contributed by atoms with van der Waals surface area (Å²) in [5, 5.41) is 17.1. The molecule has 2 rings (SSSR count). The fraction of sp³-hybridized carbons (Fsp3) is 0.364. The highest BCUT2D eigenvalue weighted by atomic mass is 127. The van der Waals surface area contributed by atoms with Crippen LogP contribution in [0.5, 0.6) is 5.75 Å². The molecule has 0 heterocycles. The van der Waals surface area contributed by atoms with Gasteiger partial charge in [-0.2, -0.15) is 0 Å². The number of hydrogen-bond acceptors (Lipinski definition) is 5. The van der Waals surface area contributed by atoms with E-state index in [9.17, 15) is 14.9 Å². The molecule has 0 bridgehead atoms. The number of carbonyl (C=O) groups excluding carboxylic acids is 1. The smallest absolute Gasteiger partial charge is 0.269 e. The van der Waals surface area contributed by atoms with Crippen molar-refractivity contribution in [3.8, 4) is 5.75 Å². The van der Waals surface area contributed by atoms with Crippen LogP contribution in [0, 0.1) is 17.0 Å². The molecule has 9 nitrogen and oxygen atoms in total. The molecule has 0 unspecified atom stereocenters. The molecule has 2 N–H and O–H groups in total. The van der Waals surface area contributed by atoms with Gasteiger partial charge in [0, 0.05) is 32.8 Å². The predicted octanol–water partition coefficient (Wildman–Crippen LogP) is 2.90. The molecular weight excluding hydrogens is 525 g/mol. The zero-order valence-corrected chi connectivity index (χ0v) is 21.1. The Morgan fingerprint density at radius 1 is 1.16 bits per heavy atom. The molecule has 10 heteroatoms. The number of aryl methyl sites for hydroxylation is 1. The van der Waals surface area contributed by atoms with Gasteiger partial charge in [-0.25, -0.2) is 4.99 Å². The standard InChI is InChI=1S/C22H29N5O4.HI/c1-16-5-10-20(31-4)18(13-16)11-12-23-22(25-15-21(28)26(2)3)24-14-17-6-8-19(9-7-17)27(29)30;/h5-10,13H,11-12,14-15H2,1-4H3,(H2,23,24,25);1H. The monoisotopic (exact) mass is 555 g/mol. The minimum atomic E-state index is -0.436. The van der Waals surface area contributed by atoms with Crippen molar-refractivity contribution in [2.45, 2.75) is 19.9 Å². The Labute approximate surface area is 205 Å². The maximum Gasteiger partial charge on any atom is 0.269 e. The van der Waals surface area contributed by atoms with E-state index in [-0.39, 0.29) is 42.1 Å². The Balaban J connectivity index is 0.00000512. The van der Waals surface area contributed by atoms with E-state index in [1.165, 1.54) is 17.0 Å². The maximum atomic E-state index is 11.9. The number of ether oxygens (including phenoxy) is 1. The van der Waals surface area contributed by atoms with E-state index in [1.807, 2.05) is 19.1 Å². The minimum absolute atomic E-state index is 0. The average Bonchev–Trinajstić information content (AvgIpc) is 2.75. The molecule has 0 aliphatic heterocycles. The molecule has 0 spiro atoms. The first-order chi connectivity index (χ1) is 14.8. The number of non-ortho nitro benzene ring substituents is 1. The summed E-state index contributed by atoms with van der Waals surface area (Å²) in [6, 6.07) is 12.3. The van der Waals surface area contributed by atoms with Crippen molar-refractivity contribution in [3.05, 3.63) is 69.3 Å². The summed E-state index contributed by atoms with van der Waals surface area (Å²) in [5.41, 5.74) is 3.09. The zero-order valence-electron chi connectivity index (χ0n) is 18.8. The van der Waals surface area contributed by atoms with E-state index in [2.05, 4.69) is 21.7 Å². The first-order valence-electron chi connectivity index (χ1n) is 9.89. The summed E-state index contributed by atoms with van der Waals surface area (Å²) >= 11 is 0. The van der Waals surface area contributed by atoms with E-state index in [1.54, 1.807) is 33.3 Å². The van der Waals surface area contributed by atoms with Crippen molar-refractivity contribution in [3.63, 3.8) is 0 Å². The van der Waals surface area contributed by atoms with Gasteiger partial charge >= 0.3 is 0 Å². The first-order valence-corrected chi connectivity index (χ1v) is 9.89. The molecule has 0 aliphatic rings. The third kappa shape index (κ3) is 8.69. The van der Waals surface area contributed by atoms with Crippen LogP contribution in [0.15, 0.2) is 47.5 Å². The van der Waals surface area contributed by atoms with Gasteiger partial charge in [0.2, 0.25) is 5.91 Å². The number of nitro groups is 1. The molecule has 1 amide bonds. The number of likely N-dealkylation sites (N-methyl/N-ethyl adjacent to an activating group) is 1. The fourth-order valence-electron chi connectivity index (χ4n) is 2.80. The molecule has 2 aromatic rings. The second-order valence-electron chi connectivity index (χ2n) is 7.22. The van der Waals surface area contributed by atoms with Crippen LogP contribution < -0.4 is 15.4 Å². The van der Waals surface area contributed by atoms with Gasteiger partial charge in [0.15, 0.2) is 5.96 Å². The number of rotatable bonds is 9. The Kier molecular flexibility index (Phi) is 11.5. The number of nitrogens with zero attached hydrogens (tertiary/aromatic N) is 3. The normalized spacial score (nSPS) is 10.7. The van der Waals surface area contributed by atoms with Crippen LogP contribution in [0.25, 0.3) is 0 Å². The van der Waals surface area contributed by atoms with E-state index in [4.69, 9.17) is 4.74 Å². The molecule has 0 aromatic heterocycles. The number of benzene rings is 2. The van der Waals surface area contributed by atoms with Crippen LogP contribution in [-0.2, 0) is 17.8 Å². The molecule has 0 atom stereocenters. The van der Waals surface area contributed by atoms with Crippen LogP contribution in [0.1, 0.15) is 16.7 Å². The number of guanidine groups is 1. The van der Waals surface area contributed by atoms with Crippen molar-refractivity contribution >= 4 is 41.5 Å². The quantitative estimate of drug-likeness (QED) is 0.162. The van der Waals surface area contributed by atoms with Crippen LogP contribution >= 0.6 is 24.0 Å². The van der Waals surface area contributed by atoms with Gasteiger partial charge in [-0.05, 0) is 30.5 Å². The lowest BCUT2D eigenvalue weighted by Gasteiger charge is -2.16. The Morgan fingerprint density at radius 2 is 1.84 bits per heavy atom. The van der Waals surface area contributed by atoms with Crippen molar-refractivity contribution in [1.29, 1.82) is 0 Å². The van der Waals surface area contributed by atoms with E-state index in [0.717, 1.165) is 22.4 Å². The lowest BCUT2D eigenvalue weighted by atomic mass is 10.1. The molecule has 0 saturated carbocycles. The fourth-order valence-corrected chi connectivity index (χ4v) is 2.80. The van der Waals surface area contributed by atoms with E-state index >= 15 is 0 Å². The summed E-state index contributed by atoms with van der Waals surface area (Å²) in [5.74, 6) is 1.23. The summed E-state index contributed by atoms with van der Waals surface area (Å²) in [6.07, 6.45) is 0.713. The molecule has 0 aliphatic carbocycles. The molecule has 0 fully saturated rings. The topological polar surface area (TPSA) is 109 Å². The van der Waals surface area contributed by atoms with Crippen LogP contribution in [-0.4, -0.2) is 56.0 Å². The molecule has 32 heavy (non-hydrogen) atoms. The Hall–Kier alpha value is -2.89. The van der Waals surface area contributed by atoms with Gasteiger partial charge in [0.1, 0.15) is 5.75 Å². The number of aliphatic imine (C=N–C) groups is 1. The Bertz CT molecular complexity index is 932. The number of hydrogen-bond donors (Lipinski definition) is 2. The molecule has 0 radical (unpaired) electrons. The van der Waals surface area contributed by atoms with Gasteiger partial charge in [-0.3, -0.25) is 14.9 Å². The number of amides is 1. The zero-order chi connectivity index (χ0) is 22.8. The maximum absolute atomic E-state index is 11.9. The molecule has 0 saturated heterocycles. The first kappa shape index (κ1) is 27.1. The molecule has 2 aromatic carbocycles. The van der Waals surface area contributed by atoms with Crippen LogP contribution in [0.3, 0.4) is 0 Å². The van der Waals surface area contributed by atoms with Gasteiger partial charge in [0.05, 0.1) is 25.1 Å². The second-order valence-corrected chi connectivity index (χ2v) is 7.22. The summed E-state index contributed by atoms with van der Waals surface area (Å²) in [7, 11) is 5.03. The number of carbonyl (C=O) groups is 1. The average molecular weight is 555 g/mol. The number of nitrogens with one attached hydrogen (secondary N) is 2. The highest BCUT2D eigenvalue weighted by Gasteiger charge is 2.08. The predicted molar refractivity (Wildman–Crippen MR) is 136 cm³/mol. The van der Waals surface area contributed by atoms with Crippen molar-refractivity contribution in [2.75, 3.05) is 34.3 Å². The Morgan fingerprint density at radius 3 is 2.44 bits per heavy atom. The van der Waals surface area contributed by atoms with Crippen molar-refractivity contribution in [1.82, 2.24) is 15.5 Å². The van der Waals surface area contributed by atoms with Crippen molar-refractivity contribution in [2.24, 2.45) is 4.99 Å². The number of nitro benzene ring substituents is 1.